The number of carbonyl (C=O) groups is 6. The van der Waals surface area contributed by atoms with Crippen molar-refractivity contribution in [1.82, 2.24) is 5.32 Å². The fourth-order valence-electron chi connectivity index (χ4n) is 4.68. The molecule has 2 rings (SSSR count). The van der Waals surface area contributed by atoms with Crippen LogP contribution in [0.1, 0.15) is 65.9 Å². The molecule has 244 valence electrons. The van der Waals surface area contributed by atoms with E-state index in [1.54, 1.807) is 30.3 Å². The van der Waals surface area contributed by atoms with Crippen molar-refractivity contribution in [2.45, 2.75) is 103 Å². The molecule has 0 radical (unpaired) electrons. The number of esters is 5. The predicted molar refractivity (Wildman–Crippen MR) is 150 cm³/mol. The molecular formula is C30H41NO13. The summed E-state index contributed by atoms with van der Waals surface area (Å²) in [6, 6.07) is 7.52. The summed E-state index contributed by atoms with van der Waals surface area (Å²) in [6.45, 7) is 5.56. The third kappa shape index (κ3) is 10.9. The van der Waals surface area contributed by atoms with Gasteiger partial charge in [-0.25, -0.2) is 4.79 Å². The van der Waals surface area contributed by atoms with E-state index < -0.39 is 85.0 Å². The number of hydrogen-bond donors (Lipinski definition) is 1. The highest BCUT2D eigenvalue weighted by atomic mass is 16.7. The molecule has 14 heteroatoms. The normalized spacial score (nSPS) is 22.5. The second-order valence-corrected chi connectivity index (χ2v) is 10.2. The first-order valence-corrected chi connectivity index (χ1v) is 14.2. The van der Waals surface area contributed by atoms with Crippen LogP contribution in [0.4, 0.5) is 0 Å². The van der Waals surface area contributed by atoms with E-state index in [-0.39, 0.29) is 13.0 Å². The van der Waals surface area contributed by atoms with Gasteiger partial charge in [0.15, 0.2) is 12.2 Å². The first kappa shape index (κ1) is 36.2. The van der Waals surface area contributed by atoms with E-state index in [1.165, 1.54) is 0 Å². The number of hydrogen-bond acceptors (Lipinski definition) is 13. The van der Waals surface area contributed by atoms with Crippen LogP contribution in [-0.2, 0) is 68.5 Å². The first-order chi connectivity index (χ1) is 20.8. The van der Waals surface area contributed by atoms with E-state index in [0.717, 1.165) is 34.8 Å². The number of nitrogens with one attached hydrogen (secondary N) is 1. The number of carbonyl (C=O) groups excluding carboxylic acids is 6. The second-order valence-electron chi connectivity index (χ2n) is 10.2. The van der Waals surface area contributed by atoms with Crippen LogP contribution in [0.25, 0.3) is 0 Å². The maximum Gasteiger partial charge on any atom is 0.366 e. The molecule has 1 amide bonds. The Morgan fingerprint density at radius 3 is 2.16 bits per heavy atom. The third-order valence-electron chi connectivity index (χ3n) is 6.52. The molecule has 0 unspecified atom stereocenters. The minimum Gasteiger partial charge on any atom is -0.465 e. The Labute approximate surface area is 255 Å². The maximum absolute atomic E-state index is 13.4. The number of methoxy groups -OCH3 is 1. The summed E-state index contributed by atoms with van der Waals surface area (Å²) >= 11 is 0. The summed E-state index contributed by atoms with van der Waals surface area (Å²) in [7, 11) is 1.10. The number of amides is 1. The van der Waals surface area contributed by atoms with E-state index in [9.17, 15) is 28.8 Å². The van der Waals surface area contributed by atoms with Crippen molar-refractivity contribution < 1.29 is 61.9 Å². The lowest BCUT2D eigenvalue weighted by atomic mass is 9.87. The molecule has 1 aliphatic heterocycles. The average Bonchev–Trinajstić information content (AvgIpc) is 2.96. The highest BCUT2D eigenvalue weighted by molar-refractivity contribution is 5.79. The van der Waals surface area contributed by atoms with Crippen LogP contribution in [0.15, 0.2) is 30.3 Å². The quantitative estimate of drug-likeness (QED) is 0.221. The van der Waals surface area contributed by atoms with Gasteiger partial charge in [-0.1, -0.05) is 43.7 Å². The lowest BCUT2D eigenvalue weighted by Crippen LogP contribution is -2.69. The lowest BCUT2D eigenvalue weighted by Gasteiger charge is -2.48. The molecular weight excluding hydrogens is 582 g/mol. The molecule has 1 heterocycles. The van der Waals surface area contributed by atoms with Crippen LogP contribution in [-0.4, -0.2) is 85.7 Å². The Bertz CT molecular complexity index is 1160. The van der Waals surface area contributed by atoms with Crippen molar-refractivity contribution >= 4 is 35.8 Å². The highest BCUT2D eigenvalue weighted by Gasteiger charge is 2.59. The average molecular weight is 624 g/mol. The van der Waals surface area contributed by atoms with Gasteiger partial charge in [-0.3, -0.25) is 24.0 Å². The smallest absolute Gasteiger partial charge is 0.366 e. The molecule has 0 aliphatic carbocycles. The Morgan fingerprint density at radius 2 is 1.61 bits per heavy atom. The van der Waals surface area contributed by atoms with Gasteiger partial charge in [0.05, 0.1) is 26.2 Å². The largest absolute Gasteiger partial charge is 0.465 e. The summed E-state index contributed by atoms with van der Waals surface area (Å²) in [5.41, 5.74) is 0.652. The number of unbranched alkanes of at least 4 members (excludes halogenated alkanes) is 1. The monoisotopic (exact) mass is 623 g/mol. The fourth-order valence-corrected chi connectivity index (χ4v) is 4.68. The van der Waals surface area contributed by atoms with Crippen molar-refractivity contribution in [2.75, 3.05) is 13.7 Å². The van der Waals surface area contributed by atoms with Crippen LogP contribution in [0.2, 0.25) is 0 Å². The van der Waals surface area contributed by atoms with E-state index >= 15 is 0 Å². The molecule has 0 spiro atoms. The van der Waals surface area contributed by atoms with Crippen LogP contribution >= 0.6 is 0 Å². The van der Waals surface area contributed by atoms with E-state index in [2.05, 4.69) is 5.32 Å². The fraction of sp³-hybridized carbons (Fsp3) is 0.600. The Morgan fingerprint density at radius 1 is 0.955 bits per heavy atom. The van der Waals surface area contributed by atoms with Crippen LogP contribution < -0.4 is 5.32 Å². The molecule has 0 bridgehead atoms. The topological polar surface area (TPSA) is 179 Å². The first-order valence-electron chi connectivity index (χ1n) is 14.2. The van der Waals surface area contributed by atoms with Crippen LogP contribution in [0.3, 0.4) is 0 Å². The van der Waals surface area contributed by atoms with Gasteiger partial charge in [0.2, 0.25) is 5.91 Å². The van der Waals surface area contributed by atoms with Crippen molar-refractivity contribution in [3.63, 3.8) is 0 Å². The van der Waals surface area contributed by atoms with Gasteiger partial charge >= 0.3 is 29.8 Å². The Hall–Kier alpha value is -4.04. The van der Waals surface area contributed by atoms with Gasteiger partial charge < -0.3 is 38.5 Å². The maximum atomic E-state index is 13.4. The van der Waals surface area contributed by atoms with Crippen molar-refractivity contribution in [3.05, 3.63) is 35.9 Å². The number of benzene rings is 1. The van der Waals surface area contributed by atoms with Gasteiger partial charge in [-0.05, 0) is 12.0 Å². The molecule has 1 aliphatic rings. The predicted octanol–water partition coefficient (Wildman–Crippen LogP) is 1.89. The summed E-state index contributed by atoms with van der Waals surface area (Å²) in [4.78, 5) is 74.9. The molecule has 6 atom stereocenters. The molecule has 0 saturated carbocycles. The molecule has 0 aromatic heterocycles. The number of ether oxygens (including phenoxy) is 7. The number of rotatable bonds is 15. The van der Waals surface area contributed by atoms with Crippen molar-refractivity contribution in [3.8, 4) is 0 Å². The minimum atomic E-state index is -2.26. The van der Waals surface area contributed by atoms with Crippen LogP contribution in [0, 0.1) is 0 Å². The molecule has 1 aromatic rings. The summed E-state index contributed by atoms with van der Waals surface area (Å²) in [5.74, 6) is -6.91. The van der Waals surface area contributed by atoms with Gasteiger partial charge in [0, 0.05) is 34.1 Å². The van der Waals surface area contributed by atoms with E-state index in [0.29, 0.717) is 18.4 Å². The van der Waals surface area contributed by atoms with Gasteiger partial charge in [-0.2, -0.15) is 0 Å². The SMILES string of the molecule is CCCCC(=O)N[C@H]1[C@H]([C@H](OC(C)=O)[C@@H](COC(C)=O)OC(C)=O)O[C@@](OCc2ccccc2)(C(=O)OC)C[C@@H]1OC(C)=O. The van der Waals surface area contributed by atoms with Crippen molar-refractivity contribution in [2.24, 2.45) is 0 Å². The zero-order valence-corrected chi connectivity index (χ0v) is 25.8. The molecule has 44 heavy (non-hydrogen) atoms. The van der Waals surface area contributed by atoms with Gasteiger partial charge in [-0.15, -0.1) is 0 Å². The van der Waals surface area contributed by atoms with Crippen LogP contribution in [0.5, 0.6) is 0 Å². The summed E-state index contributed by atoms with van der Waals surface area (Å²) in [6.07, 6.45) is -5.07. The second kappa shape index (κ2) is 17.3. The zero-order valence-electron chi connectivity index (χ0n) is 25.8. The molecule has 1 fully saturated rings. The molecule has 1 aromatic carbocycles. The Balaban J connectivity index is 2.73. The standard InChI is InChI=1S/C30H41NO13/c1-7-8-14-25(36)31-26-23(41-19(3)33)15-30(29(37)38-6,40-16-22-12-10-9-11-13-22)44-28(26)27(43-21(5)35)24(42-20(4)34)17-39-18(2)32/h9-13,23-24,26-28H,7-8,14-17H2,1-6H3,(H,31,36)/t23-,24+,26+,27+,28+,30+/m0/s1. The van der Waals surface area contributed by atoms with Crippen molar-refractivity contribution in [1.29, 1.82) is 0 Å². The zero-order chi connectivity index (χ0) is 32.9. The highest BCUT2D eigenvalue weighted by Crippen LogP contribution is 2.37. The van der Waals surface area contributed by atoms with E-state index in [4.69, 9.17) is 33.2 Å². The molecule has 1 N–H and O–H groups in total. The summed E-state index contributed by atoms with van der Waals surface area (Å²) in [5, 5.41) is 2.77. The minimum absolute atomic E-state index is 0.0955. The van der Waals surface area contributed by atoms with E-state index in [1.807, 2.05) is 6.92 Å². The lowest BCUT2D eigenvalue weighted by molar-refractivity contribution is -0.317. The third-order valence-corrected chi connectivity index (χ3v) is 6.52. The van der Waals surface area contributed by atoms with Gasteiger partial charge in [0.25, 0.3) is 5.79 Å². The molecule has 1 saturated heterocycles. The van der Waals surface area contributed by atoms with Gasteiger partial charge in [0.1, 0.15) is 18.8 Å². The summed E-state index contributed by atoms with van der Waals surface area (Å²) < 4.78 is 39.0. The Kier molecular flexibility index (Phi) is 14.2. The molecule has 14 nitrogen and oxygen atoms in total.